The molecule has 0 saturated carbocycles. The van der Waals surface area contributed by atoms with Crippen molar-refractivity contribution in [2.45, 2.75) is 83.9 Å². The fourth-order valence-electron chi connectivity index (χ4n) is 9.18. The highest BCUT2D eigenvalue weighted by atomic mass is 32.1. The Morgan fingerprint density at radius 3 is 2.33 bits per heavy atom. The third-order valence-electron chi connectivity index (χ3n) is 12.7. The van der Waals surface area contributed by atoms with Crippen molar-refractivity contribution < 1.29 is 24.3 Å². The topological polar surface area (TPSA) is 158 Å². The van der Waals surface area contributed by atoms with Crippen LogP contribution >= 0.6 is 22.7 Å². The first kappa shape index (κ1) is 42.3. The number of amides is 2. The number of hydrogen-bond donors (Lipinski definition) is 3. The Morgan fingerprint density at radius 2 is 1.63 bits per heavy atom. The molecule has 3 N–H and O–H groups in total. The van der Waals surface area contributed by atoms with Gasteiger partial charge in [0.25, 0.3) is 0 Å². The van der Waals surface area contributed by atoms with Crippen LogP contribution in [0.5, 0.6) is 5.75 Å². The van der Waals surface area contributed by atoms with E-state index in [2.05, 4.69) is 49.6 Å². The van der Waals surface area contributed by atoms with E-state index in [0.717, 1.165) is 69.1 Å². The first-order valence-corrected chi connectivity index (χ1v) is 23.3. The molecule has 0 unspecified atom stereocenters. The molecule has 4 aromatic heterocycles. The van der Waals surface area contributed by atoms with Gasteiger partial charge in [0.2, 0.25) is 11.8 Å². The second kappa shape index (κ2) is 17.7. The summed E-state index contributed by atoms with van der Waals surface area (Å²) in [6.45, 7) is 11.9. The number of aromatic nitrogens is 4. The van der Waals surface area contributed by atoms with E-state index < -0.39 is 18.1 Å². The number of fused-ring (bicyclic) bond motifs is 1. The van der Waals surface area contributed by atoms with Crippen molar-refractivity contribution in [2.75, 3.05) is 24.5 Å². The Labute approximate surface area is 374 Å². The minimum absolute atomic E-state index is 0.0667. The molecular weight excluding hydrogens is 831 g/mol. The van der Waals surface area contributed by atoms with Gasteiger partial charge in [0.1, 0.15) is 34.0 Å². The molecule has 0 radical (unpaired) electrons. The molecular formula is C49H51N7O5S2. The number of aliphatic hydroxyl groups excluding tert-OH is 1. The van der Waals surface area contributed by atoms with Crippen LogP contribution in [0.25, 0.3) is 43.2 Å². The Kier molecular flexibility index (Phi) is 11.9. The van der Waals surface area contributed by atoms with Crippen molar-refractivity contribution in [3.8, 4) is 38.7 Å². The lowest BCUT2D eigenvalue weighted by molar-refractivity contribution is -0.141. The lowest BCUT2D eigenvalue weighted by Gasteiger charge is -2.33. The van der Waals surface area contributed by atoms with Gasteiger partial charge in [0, 0.05) is 59.2 Å². The Balaban J connectivity index is 0.832. The zero-order valence-corrected chi connectivity index (χ0v) is 37.6. The number of nitrogens with one attached hydrogen (secondary N) is 1. The number of thiazole rings is 1. The monoisotopic (exact) mass is 881 g/mol. The maximum atomic E-state index is 14.3. The number of hydrogen-bond acceptors (Lipinski definition) is 12. The fraction of sp³-hybridized carbons (Fsp3) is 0.347. The second-order valence-corrected chi connectivity index (χ2v) is 19.1. The summed E-state index contributed by atoms with van der Waals surface area (Å²) >= 11 is 3.32. The van der Waals surface area contributed by atoms with Gasteiger partial charge in [-0.05, 0) is 92.5 Å². The van der Waals surface area contributed by atoms with E-state index in [0.29, 0.717) is 28.6 Å². The van der Waals surface area contributed by atoms with Crippen molar-refractivity contribution in [3.05, 3.63) is 118 Å². The van der Waals surface area contributed by atoms with Gasteiger partial charge in [-0.25, -0.2) is 4.98 Å². The zero-order chi connectivity index (χ0) is 43.9. The van der Waals surface area contributed by atoms with Crippen LogP contribution < -0.4 is 10.2 Å². The average molecular weight is 882 g/mol. The van der Waals surface area contributed by atoms with Crippen LogP contribution in [-0.4, -0.2) is 79.0 Å². The molecule has 2 fully saturated rings. The quantitative estimate of drug-likeness (QED) is 0.114. The lowest BCUT2D eigenvalue weighted by atomic mass is 9.91. The van der Waals surface area contributed by atoms with Crippen LogP contribution in [0.4, 0.5) is 5.69 Å². The standard InChI is InChI=1S/C49H51N7O5S2/c1-27(2)44(49(60)56-25-36(57)22-41(56)47(59)51-29(4)31-10-12-33(13-11-31)46-30(5)50-26-62-46)43-24-39(54-61-43)32-14-16-35(17-15-32)55-20-18-34(19-21-55)45-28(3)38-23-40(52-53-48(38)63-45)37-8-6-7-9-42(37)58/h6-17,23-24,26-27,29,34,36,41,44,57-58H,18-22,25H2,1-5H3,(H,51,59)/t29-,36+,41-,44+/m0/s1. The summed E-state index contributed by atoms with van der Waals surface area (Å²) < 4.78 is 5.89. The summed E-state index contributed by atoms with van der Waals surface area (Å²) in [5.41, 5.74) is 10.1. The summed E-state index contributed by atoms with van der Waals surface area (Å²) in [5, 5.41) is 38.7. The third-order valence-corrected chi connectivity index (χ3v) is 15.1. The summed E-state index contributed by atoms with van der Waals surface area (Å²) in [6.07, 6.45) is 1.38. The Morgan fingerprint density at radius 1 is 0.905 bits per heavy atom. The molecule has 0 aliphatic carbocycles. The molecule has 7 aromatic rings. The number of thiophene rings is 1. The molecule has 2 saturated heterocycles. The van der Waals surface area contributed by atoms with Gasteiger partial charge < -0.3 is 29.9 Å². The van der Waals surface area contributed by atoms with Crippen molar-refractivity contribution in [3.63, 3.8) is 0 Å². The van der Waals surface area contributed by atoms with Crippen LogP contribution in [0.1, 0.15) is 85.4 Å². The number of piperidine rings is 1. The van der Waals surface area contributed by atoms with Crippen LogP contribution in [0.15, 0.2) is 95.0 Å². The lowest BCUT2D eigenvalue weighted by Crippen LogP contribution is -2.48. The maximum Gasteiger partial charge on any atom is 0.243 e. The number of aromatic hydroxyl groups is 1. The normalized spacial score (nSPS) is 18.0. The Bertz CT molecular complexity index is 2750. The largest absolute Gasteiger partial charge is 0.507 e. The number of likely N-dealkylation sites (tertiary alicyclic amines) is 1. The minimum atomic E-state index is -0.817. The van der Waals surface area contributed by atoms with E-state index in [9.17, 15) is 19.8 Å². The highest BCUT2D eigenvalue weighted by Gasteiger charge is 2.43. The molecule has 9 rings (SSSR count). The smallest absolute Gasteiger partial charge is 0.243 e. The SMILES string of the molecule is Cc1ncsc1-c1ccc([C@H](C)NC(=O)[C@@H]2C[C@@H](O)CN2C(=O)[C@@H](c2cc(-c3ccc(N4CCC(c5sc6nnc(-c7ccccc7O)cc6c5C)CC4)cc3)no2)C(C)C)cc1. The predicted octanol–water partition coefficient (Wildman–Crippen LogP) is 9.42. The third kappa shape index (κ3) is 8.47. The number of β-amino-alcohol motifs (C(OH)–C–C–N with tert-alkyl or cyclic N) is 1. The first-order valence-electron chi connectivity index (χ1n) is 21.6. The van der Waals surface area contributed by atoms with Crippen LogP contribution in [0, 0.1) is 19.8 Å². The van der Waals surface area contributed by atoms with Gasteiger partial charge >= 0.3 is 0 Å². The van der Waals surface area contributed by atoms with Crippen LogP contribution in [-0.2, 0) is 9.59 Å². The number of carbonyl (C=O) groups excluding carboxylic acids is 2. The van der Waals surface area contributed by atoms with E-state index >= 15 is 0 Å². The number of aliphatic hydroxyl groups is 1. The predicted molar refractivity (Wildman–Crippen MR) is 248 cm³/mol. The van der Waals surface area contributed by atoms with Crippen molar-refractivity contribution in [1.82, 2.24) is 30.6 Å². The van der Waals surface area contributed by atoms with Gasteiger partial charge in [0.15, 0.2) is 0 Å². The Hall–Kier alpha value is -5.96. The molecule has 0 bridgehead atoms. The van der Waals surface area contributed by atoms with E-state index in [1.165, 1.54) is 15.3 Å². The van der Waals surface area contributed by atoms with Gasteiger partial charge in [-0.3, -0.25) is 9.59 Å². The molecule has 4 atom stereocenters. The summed E-state index contributed by atoms with van der Waals surface area (Å²) in [6, 6.07) is 26.4. The number of para-hydroxylation sites is 1. The first-order chi connectivity index (χ1) is 30.4. The highest BCUT2D eigenvalue weighted by molar-refractivity contribution is 7.19. The van der Waals surface area contributed by atoms with Crippen LogP contribution in [0.2, 0.25) is 0 Å². The molecule has 2 aliphatic heterocycles. The molecule has 2 amide bonds. The molecule has 14 heteroatoms. The van der Waals surface area contributed by atoms with Gasteiger partial charge in [-0.15, -0.1) is 32.9 Å². The van der Waals surface area contributed by atoms with Gasteiger partial charge in [-0.2, -0.15) is 0 Å². The number of rotatable bonds is 11. The van der Waals surface area contributed by atoms with E-state index in [1.54, 1.807) is 34.8 Å². The molecule has 12 nitrogen and oxygen atoms in total. The maximum absolute atomic E-state index is 14.3. The number of carbonyl (C=O) groups is 2. The minimum Gasteiger partial charge on any atom is -0.507 e. The number of phenolic OH excluding ortho intramolecular Hbond substituents is 1. The van der Waals surface area contributed by atoms with Crippen molar-refractivity contribution in [2.24, 2.45) is 5.92 Å². The van der Waals surface area contributed by atoms with E-state index in [1.807, 2.05) is 93.9 Å². The number of anilines is 1. The summed E-state index contributed by atoms with van der Waals surface area (Å²) in [5.74, 6) is -0.363. The highest BCUT2D eigenvalue weighted by Crippen LogP contribution is 2.42. The molecule has 63 heavy (non-hydrogen) atoms. The van der Waals surface area contributed by atoms with Gasteiger partial charge in [0.05, 0.1) is 33.9 Å². The molecule has 2 aliphatic rings. The zero-order valence-electron chi connectivity index (χ0n) is 36.0. The fourth-order valence-corrected chi connectivity index (χ4v) is 11.3. The molecule has 6 heterocycles. The second-order valence-electron chi connectivity index (χ2n) is 17.2. The average Bonchev–Trinajstić information content (AvgIpc) is 4.11. The van der Waals surface area contributed by atoms with Gasteiger partial charge in [-0.1, -0.05) is 67.5 Å². The number of aryl methyl sites for hydroxylation is 2. The van der Waals surface area contributed by atoms with Crippen molar-refractivity contribution >= 4 is 50.4 Å². The van der Waals surface area contributed by atoms with Crippen molar-refractivity contribution in [1.29, 1.82) is 0 Å². The number of benzene rings is 3. The summed E-state index contributed by atoms with van der Waals surface area (Å²) in [7, 11) is 0. The number of nitrogens with zero attached hydrogens (tertiary/aromatic N) is 6. The molecule has 3 aromatic carbocycles. The summed E-state index contributed by atoms with van der Waals surface area (Å²) in [4.78, 5) is 39.8. The van der Waals surface area contributed by atoms with E-state index in [-0.39, 0.29) is 42.5 Å². The van der Waals surface area contributed by atoms with Crippen LogP contribution in [0.3, 0.4) is 0 Å². The van der Waals surface area contributed by atoms with E-state index in [4.69, 9.17) is 4.52 Å². The molecule has 324 valence electrons. The number of phenols is 1. The molecule has 0 spiro atoms.